The van der Waals surface area contributed by atoms with Crippen LogP contribution in [-0.2, 0) is 12.8 Å². The number of nitrogens with zero attached hydrogens (tertiary/aromatic N) is 1. The van der Waals surface area contributed by atoms with Gasteiger partial charge in [-0.05, 0) is 55.5 Å². The fourth-order valence-corrected chi connectivity index (χ4v) is 2.54. The number of hydrogen-bond acceptors (Lipinski definition) is 2. The van der Waals surface area contributed by atoms with Crippen molar-refractivity contribution in [2.75, 3.05) is 7.05 Å². The van der Waals surface area contributed by atoms with E-state index in [1.165, 1.54) is 16.8 Å². The Morgan fingerprint density at radius 1 is 1.05 bits per heavy atom. The molecule has 1 aromatic carbocycles. The predicted octanol–water partition coefficient (Wildman–Crippen LogP) is 3.97. The summed E-state index contributed by atoms with van der Waals surface area (Å²) in [5.41, 5.74) is 3.99. The molecule has 2 nitrogen and oxygen atoms in total. The topological polar surface area (TPSA) is 24.9 Å². The van der Waals surface area contributed by atoms with Gasteiger partial charge in [0, 0.05) is 17.9 Å². The van der Waals surface area contributed by atoms with Gasteiger partial charge in [0.05, 0.1) is 0 Å². The van der Waals surface area contributed by atoms with E-state index in [0.717, 1.165) is 19.3 Å². The summed E-state index contributed by atoms with van der Waals surface area (Å²) in [4.78, 5) is 4.40. The molecule has 1 aromatic heterocycles. The maximum absolute atomic E-state index is 4.40. The van der Waals surface area contributed by atoms with Gasteiger partial charge >= 0.3 is 0 Å². The van der Waals surface area contributed by atoms with Crippen molar-refractivity contribution >= 4 is 0 Å². The fraction of sp³-hybridized carbons (Fsp3) is 0.421. The van der Waals surface area contributed by atoms with Gasteiger partial charge in [-0.1, -0.05) is 44.2 Å². The molecule has 1 heterocycles. The lowest BCUT2D eigenvalue weighted by Crippen LogP contribution is -2.28. The third-order valence-electron chi connectivity index (χ3n) is 4.01. The smallest absolute Gasteiger partial charge is 0.0404 e. The molecule has 0 saturated heterocycles. The van der Waals surface area contributed by atoms with Crippen molar-refractivity contribution < 1.29 is 0 Å². The van der Waals surface area contributed by atoms with Crippen molar-refractivity contribution in [1.82, 2.24) is 10.3 Å². The van der Waals surface area contributed by atoms with Gasteiger partial charge in [-0.25, -0.2) is 0 Å². The summed E-state index contributed by atoms with van der Waals surface area (Å²) in [6.07, 6.45) is 5.08. The zero-order valence-corrected chi connectivity index (χ0v) is 13.3. The van der Waals surface area contributed by atoms with Crippen LogP contribution in [0.4, 0.5) is 0 Å². The van der Waals surface area contributed by atoms with Crippen molar-refractivity contribution in [3.8, 4) is 0 Å². The predicted molar refractivity (Wildman–Crippen MR) is 89.6 cm³/mol. The number of pyridine rings is 1. The first-order chi connectivity index (χ1) is 10.2. The molecule has 1 N–H and O–H groups in total. The standard InChI is InChI=1S/C19H26N2/c1-15(2)17-9-7-16(8-10-17)14-19(20-3)12-11-18-6-4-5-13-21-18/h4-10,13,15,19-20H,11-12,14H2,1-3H3. The minimum Gasteiger partial charge on any atom is -0.317 e. The molecule has 0 aliphatic rings. The molecule has 112 valence electrons. The van der Waals surface area contributed by atoms with Crippen molar-refractivity contribution in [3.63, 3.8) is 0 Å². The van der Waals surface area contributed by atoms with Gasteiger partial charge in [-0.15, -0.1) is 0 Å². The van der Waals surface area contributed by atoms with E-state index < -0.39 is 0 Å². The minimum atomic E-state index is 0.497. The largest absolute Gasteiger partial charge is 0.317 e. The molecular formula is C19H26N2. The number of aryl methyl sites for hydroxylation is 1. The number of benzene rings is 1. The van der Waals surface area contributed by atoms with Crippen LogP contribution in [0.25, 0.3) is 0 Å². The summed E-state index contributed by atoms with van der Waals surface area (Å²) in [5, 5.41) is 3.43. The van der Waals surface area contributed by atoms with Crippen molar-refractivity contribution in [3.05, 3.63) is 65.5 Å². The second kappa shape index (κ2) is 7.94. The Morgan fingerprint density at radius 3 is 2.38 bits per heavy atom. The summed E-state index contributed by atoms with van der Waals surface area (Å²) < 4.78 is 0. The number of hydrogen-bond donors (Lipinski definition) is 1. The van der Waals surface area contributed by atoms with Crippen molar-refractivity contribution in [2.45, 2.75) is 45.1 Å². The second-order valence-electron chi connectivity index (χ2n) is 5.95. The van der Waals surface area contributed by atoms with E-state index in [1.54, 1.807) is 0 Å². The van der Waals surface area contributed by atoms with E-state index in [4.69, 9.17) is 0 Å². The summed E-state index contributed by atoms with van der Waals surface area (Å²) in [7, 11) is 2.05. The zero-order chi connectivity index (χ0) is 15.1. The Bertz CT molecular complexity index is 517. The monoisotopic (exact) mass is 282 g/mol. The lowest BCUT2D eigenvalue weighted by atomic mass is 9.97. The van der Waals surface area contributed by atoms with E-state index in [0.29, 0.717) is 12.0 Å². The van der Waals surface area contributed by atoms with Crippen LogP contribution >= 0.6 is 0 Å². The quantitative estimate of drug-likeness (QED) is 0.831. The van der Waals surface area contributed by atoms with Crippen molar-refractivity contribution in [1.29, 1.82) is 0 Å². The van der Waals surface area contributed by atoms with Crippen LogP contribution in [0, 0.1) is 0 Å². The highest BCUT2D eigenvalue weighted by atomic mass is 14.9. The number of likely N-dealkylation sites (N-methyl/N-ethyl adjacent to an activating group) is 1. The van der Waals surface area contributed by atoms with E-state index in [9.17, 15) is 0 Å². The van der Waals surface area contributed by atoms with Crippen molar-refractivity contribution in [2.24, 2.45) is 0 Å². The molecule has 1 atom stereocenters. The highest BCUT2D eigenvalue weighted by molar-refractivity contribution is 5.25. The molecule has 2 rings (SSSR count). The second-order valence-corrected chi connectivity index (χ2v) is 5.95. The summed E-state index contributed by atoms with van der Waals surface area (Å²) in [6, 6.07) is 15.7. The zero-order valence-electron chi connectivity index (χ0n) is 13.3. The van der Waals surface area contributed by atoms with E-state index >= 15 is 0 Å². The normalized spacial score (nSPS) is 12.6. The number of nitrogens with one attached hydrogen (secondary N) is 1. The van der Waals surface area contributed by atoms with Gasteiger partial charge in [0.25, 0.3) is 0 Å². The molecule has 0 aliphatic heterocycles. The average molecular weight is 282 g/mol. The van der Waals surface area contributed by atoms with Gasteiger partial charge in [0.15, 0.2) is 0 Å². The highest BCUT2D eigenvalue weighted by Gasteiger charge is 2.08. The van der Waals surface area contributed by atoms with Gasteiger partial charge in [-0.3, -0.25) is 4.98 Å². The molecule has 2 aromatic rings. The van der Waals surface area contributed by atoms with E-state index in [2.05, 4.69) is 60.5 Å². The van der Waals surface area contributed by atoms with Gasteiger partial charge < -0.3 is 5.32 Å². The Morgan fingerprint density at radius 2 is 1.81 bits per heavy atom. The molecular weight excluding hydrogens is 256 g/mol. The Balaban J connectivity index is 1.89. The number of aromatic nitrogens is 1. The minimum absolute atomic E-state index is 0.497. The molecule has 0 spiro atoms. The summed E-state index contributed by atoms with van der Waals surface area (Å²) >= 11 is 0. The third kappa shape index (κ3) is 4.98. The Hall–Kier alpha value is -1.67. The molecule has 0 saturated carbocycles. The van der Waals surface area contributed by atoms with Crippen LogP contribution in [0.5, 0.6) is 0 Å². The first-order valence-corrected chi connectivity index (χ1v) is 7.85. The van der Waals surface area contributed by atoms with Crippen LogP contribution in [0.2, 0.25) is 0 Å². The molecule has 2 heteroatoms. The lowest BCUT2D eigenvalue weighted by Gasteiger charge is -2.16. The Labute approximate surface area is 128 Å². The molecule has 1 unspecified atom stereocenters. The molecule has 0 fully saturated rings. The van der Waals surface area contributed by atoms with Crippen LogP contribution < -0.4 is 5.32 Å². The molecule has 21 heavy (non-hydrogen) atoms. The average Bonchev–Trinajstić information content (AvgIpc) is 2.53. The molecule has 0 bridgehead atoms. The van der Waals surface area contributed by atoms with Crippen LogP contribution in [0.1, 0.15) is 43.0 Å². The van der Waals surface area contributed by atoms with Crippen LogP contribution in [0.15, 0.2) is 48.7 Å². The van der Waals surface area contributed by atoms with Crippen LogP contribution in [-0.4, -0.2) is 18.1 Å². The first-order valence-electron chi connectivity index (χ1n) is 7.85. The Kier molecular flexibility index (Phi) is 5.94. The van der Waals surface area contributed by atoms with E-state index in [-0.39, 0.29) is 0 Å². The maximum Gasteiger partial charge on any atom is 0.0404 e. The lowest BCUT2D eigenvalue weighted by molar-refractivity contribution is 0.517. The molecule has 0 aliphatic carbocycles. The fourth-order valence-electron chi connectivity index (χ4n) is 2.54. The van der Waals surface area contributed by atoms with Gasteiger partial charge in [0.2, 0.25) is 0 Å². The summed E-state index contributed by atoms with van der Waals surface area (Å²) in [6.45, 7) is 4.47. The van der Waals surface area contributed by atoms with Gasteiger partial charge in [-0.2, -0.15) is 0 Å². The molecule has 0 amide bonds. The number of rotatable bonds is 7. The van der Waals surface area contributed by atoms with E-state index in [1.807, 2.05) is 19.3 Å². The summed E-state index contributed by atoms with van der Waals surface area (Å²) in [5.74, 6) is 0.600. The van der Waals surface area contributed by atoms with Crippen LogP contribution in [0.3, 0.4) is 0 Å². The van der Waals surface area contributed by atoms with Gasteiger partial charge in [0.1, 0.15) is 0 Å². The molecule has 0 radical (unpaired) electrons. The maximum atomic E-state index is 4.40. The first kappa shape index (κ1) is 15.7. The SMILES string of the molecule is CNC(CCc1ccccn1)Cc1ccc(C(C)C)cc1. The highest BCUT2D eigenvalue weighted by Crippen LogP contribution is 2.16. The third-order valence-corrected chi connectivity index (χ3v) is 4.01.